The van der Waals surface area contributed by atoms with Crippen molar-refractivity contribution in [1.29, 1.82) is 0 Å². The predicted molar refractivity (Wildman–Crippen MR) is 84.6 cm³/mol. The lowest BCUT2D eigenvalue weighted by molar-refractivity contribution is -0.385. The molecule has 24 heavy (non-hydrogen) atoms. The molecule has 9 nitrogen and oxygen atoms in total. The van der Waals surface area contributed by atoms with Crippen LogP contribution in [0.3, 0.4) is 0 Å². The number of nitro benzene ring substituents is 1. The minimum absolute atomic E-state index is 0.0592. The SMILES string of the molecule is COc1cc(C(=O)NCCC(C)(C)C(=O)O)c([N+](=O)[O-])cc1OC. The number of aliphatic carboxylic acids is 1. The minimum Gasteiger partial charge on any atom is -0.493 e. The maximum absolute atomic E-state index is 12.2. The van der Waals surface area contributed by atoms with Gasteiger partial charge in [-0.25, -0.2) is 0 Å². The maximum atomic E-state index is 12.2. The van der Waals surface area contributed by atoms with Gasteiger partial charge in [-0.2, -0.15) is 0 Å². The molecule has 0 atom stereocenters. The van der Waals surface area contributed by atoms with Gasteiger partial charge in [0.2, 0.25) is 0 Å². The van der Waals surface area contributed by atoms with Gasteiger partial charge in [-0.15, -0.1) is 0 Å². The van der Waals surface area contributed by atoms with Crippen molar-refractivity contribution >= 4 is 17.6 Å². The summed E-state index contributed by atoms with van der Waals surface area (Å²) in [6, 6.07) is 2.32. The van der Waals surface area contributed by atoms with Crippen LogP contribution < -0.4 is 14.8 Å². The first-order chi connectivity index (χ1) is 11.1. The lowest BCUT2D eigenvalue weighted by Crippen LogP contribution is -2.32. The lowest BCUT2D eigenvalue weighted by Gasteiger charge is -2.19. The third-order valence-electron chi connectivity index (χ3n) is 3.56. The van der Waals surface area contributed by atoms with E-state index in [0.717, 1.165) is 6.07 Å². The molecule has 1 amide bonds. The molecule has 1 rings (SSSR count). The van der Waals surface area contributed by atoms with Crippen LogP contribution in [0.25, 0.3) is 0 Å². The van der Waals surface area contributed by atoms with E-state index in [-0.39, 0.29) is 30.0 Å². The van der Waals surface area contributed by atoms with Crippen molar-refractivity contribution in [2.24, 2.45) is 5.41 Å². The Morgan fingerprint density at radius 2 is 1.79 bits per heavy atom. The van der Waals surface area contributed by atoms with Crippen LogP contribution in [-0.2, 0) is 4.79 Å². The zero-order valence-electron chi connectivity index (χ0n) is 13.9. The first-order valence-corrected chi connectivity index (χ1v) is 7.06. The highest BCUT2D eigenvalue weighted by molar-refractivity contribution is 5.99. The van der Waals surface area contributed by atoms with Gasteiger partial charge in [0, 0.05) is 12.6 Å². The Kier molecular flexibility index (Phi) is 6.10. The van der Waals surface area contributed by atoms with E-state index in [1.165, 1.54) is 34.1 Å². The van der Waals surface area contributed by atoms with Gasteiger partial charge in [0.25, 0.3) is 11.6 Å². The van der Waals surface area contributed by atoms with E-state index in [1.807, 2.05) is 0 Å². The van der Waals surface area contributed by atoms with E-state index < -0.39 is 27.9 Å². The minimum atomic E-state index is -1.02. The molecule has 0 aromatic heterocycles. The molecule has 0 unspecified atom stereocenters. The van der Waals surface area contributed by atoms with E-state index in [2.05, 4.69) is 5.32 Å². The van der Waals surface area contributed by atoms with Gasteiger partial charge in [-0.3, -0.25) is 19.7 Å². The molecule has 0 fully saturated rings. The van der Waals surface area contributed by atoms with Crippen LogP contribution in [0.15, 0.2) is 12.1 Å². The van der Waals surface area contributed by atoms with Gasteiger partial charge < -0.3 is 19.9 Å². The first-order valence-electron chi connectivity index (χ1n) is 7.06. The van der Waals surface area contributed by atoms with Crippen LogP contribution in [0.5, 0.6) is 11.5 Å². The fourth-order valence-corrected chi connectivity index (χ4v) is 1.89. The highest BCUT2D eigenvalue weighted by Gasteiger charge is 2.28. The van der Waals surface area contributed by atoms with Gasteiger partial charge >= 0.3 is 5.97 Å². The van der Waals surface area contributed by atoms with Crippen molar-refractivity contribution in [3.8, 4) is 11.5 Å². The van der Waals surface area contributed by atoms with E-state index in [1.54, 1.807) is 0 Å². The topological polar surface area (TPSA) is 128 Å². The number of methoxy groups -OCH3 is 2. The lowest BCUT2D eigenvalue weighted by atomic mass is 9.89. The Balaban J connectivity index is 3.01. The number of nitro groups is 1. The number of carbonyl (C=O) groups excluding carboxylic acids is 1. The molecule has 0 radical (unpaired) electrons. The van der Waals surface area contributed by atoms with E-state index in [4.69, 9.17) is 14.6 Å². The van der Waals surface area contributed by atoms with Crippen LogP contribution >= 0.6 is 0 Å². The summed E-state index contributed by atoms with van der Waals surface area (Å²) in [6.07, 6.45) is 0.176. The second-order valence-corrected chi connectivity index (χ2v) is 5.68. The van der Waals surface area contributed by atoms with Gasteiger partial charge in [-0.1, -0.05) is 0 Å². The van der Waals surface area contributed by atoms with E-state index in [9.17, 15) is 19.7 Å². The number of carboxylic acids is 1. The predicted octanol–water partition coefficient (Wildman–Crippen LogP) is 1.84. The molecule has 0 heterocycles. The summed E-state index contributed by atoms with van der Waals surface area (Å²) in [6.45, 7) is 3.12. The number of rotatable bonds is 8. The standard InChI is InChI=1S/C15H20N2O7/c1-15(2,14(19)20)5-6-16-13(18)9-7-11(23-3)12(24-4)8-10(9)17(21)22/h7-8H,5-6H2,1-4H3,(H,16,18)(H,19,20). The summed E-state index contributed by atoms with van der Waals surface area (Å²) < 4.78 is 10.0. The highest BCUT2D eigenvalue weighted by Crippen LogP contribution is 2.34. The fourth-order valence-electron chi connectivity index (χ4n) is 1.89. The normalized spacial score (nSPS) is 10.8. The molecule has 1 aromatic rings. The first kappa shape index (κ1) is 19.2. The molecule has 0 saturated carbocycles. The highest BCUT2D eigenvalue weighted by atomic mass is 16.6. The number of nitrogens with zero attached hydrogens (tertiary/aromatic N) is 1. The zero-order valence-corrected chi connectivity index (χ0v) is 13.9. The van der Waals surface area contributed by atoms with Crippen LogP contribution in [0.2, 0.25) is 0 Å². The molecule has 2 N–H and O–H groups in total. The van der Waals surface area contributed by atoms with Gasteiger partial charge in [0.05, 0.1) is 30.6 Å². The van der Waals surface area contributed by atoms with Crippen LogP contribution in [-0.4, -0.2) is 42.7 Å². The van der Waals surface area contributed by atoms with Gasteiger partial charge in [0.15, 0.2) is 11.5 Å². The summed E-state index contributed by atoms with van der Waals surface area (Å²) in [5.41, 5.74) is -1.63. The van der Waals surface area contributed by atoms with E-state index >= 15 is 0 Å². The summed E-state index contributed by atoms with van der Waals surface area (Å²) in [4.78, 5) is 33.7. The van der Waals surface area contributed by atoms with Crippen molar-refractivity contribution in [3.05, 3.63) is 27.8 Å². The molecule has 9 heteroatoms. The quantitative estimate of drug-likeness (QED) is 0.546. The molecule has 1 aromatic carbocycles. The molecule has 0 saturated heterocycles. The average Bonchev–Trinajstić information content (AvgIpc) is 2.52. The molecule has 132 valence electrons. The summed E-state index contributed by atoms with van der Waals surface area (Å²) >= 11 is 0. The van der Waals surface area contributed by atoms with Crippen molar-refractivity contribution < 1.29 is 29.1 Å². The Hall–Kier alpha value is -2.84. The molecular weight excluding hydrogens is 320 g/mol. The van der Waals surface area contributed by atoms with Gasteiger partial charge in [0.1, 0.15) is 5.56 Å². The smallest absolute Gasteiger partial charge is 0.309 e. The third-order valence-corrected chi connectivity index (χ3v) is 3.56. The number of hydrogen-bond acceptors (Lipinski definition) is 6. The molecule has 0 aliphatic carbocycles. The summed E-state index contributed by atoms with van der Waals surface area (Å²) in [7, 11) is 2.68. The zero-order chi connectivity index (χ0) is 18.5. The number of hydrogen-bond donors (Lipinski definition) is 2. The number of carboxylic acid groups (broad SMARTS) is 1. The number of nitrogens with one attached hydrogen (secondary N) is 1. The molecule has 0 aliphatic heterocycles. The molecule has 0 aliphatic rings. The number of carbonyl (C=O) groups is 2. The molecular formula is C15H20N2O7. The maximum Gasteiger partial charge on any atom is 0.309 e. The number of amides is 1. The van der Waals surface area contributed by atoms with Crippen molar-refractivity contribution in [3.63, 3.8) is 0 Å². The monoisotopic (exact) mass is 340 g/mol. The number of ether oxygens (including phenoxy) is 2. The van der Waals surface area contributed by atoms with Crippen LogP contribution in [0.4, 0.5) is 5.69 Å². The Bertz CT molecular complexity index is 655. The van der Waals surface area contributed by atoms with Crippen LogP contribution in [0.1, 0.15) is 30.6 Å². The van der Waals surface area contributed by atoms with Gasteiger partial charge in [-0.05, 0) is 20.3 Å². The Labute approximate surface area is 138 Å². The summed E-state index contributed by atoms with van der Waals surface area (Å²) in [5, 5.41) is 22.7. The molecule has 0 spiro atoms. The van der Waals surface area contributed by atoms with E-state index in [0.29, 0.717) is 0 Å². The Morgan fingerprint density at radius 3 is 2.25 bits per heavy atom. The third kappa shape index (κ3) is 4.34. The van der Waals surface area contributed by atoms with Crippen molar-refractivity contribution in [1.82, 2.24) is 5.32 Å². The second kappa shape index (κ2) is 7.62. The fraction of sp³-hybridized carbons (Fsp3) is 0.467. The molecule has 0 bridgehead atoms. The second-order valence-electron chi connectivity index (χ2n) is 5.68. The number of benzene rings is 1. The average molecular weight is 340 g/mol. The van der Waals surface area contributed by atoms with Crippen molar-refractivity contribution in [2.75, 3.05) is 20.8 Å². The van der Waals surface area contributed by atoms with Crippen molar-refractivity contribution in [2.45, 2.75) is 20.3 Å². The van der Waals surface area contributed by atoms with Crippen LogP contribution in [0, 0.1) is 15.5 Å². The Morgan fingerprint density at radius 1 is 1.25 bits per heavy atom. The summed E-state index contributed by atoms with van der Waals surface area (Å²) in [5.74, 6) is -1.37. The largest absolute Gasteiger partial charge is 0.493 e.